The molecule has 0 atom stereocenters. The number of halogens is 1. The standard InChI is InChI=1S/C23H34N6.HI/c1-4-24-23(27-18-21-9-7-6-8-19(21)3)26-17-20-10-11-22(25-16-20)29-14-12-28(5-2)13-15-29;/h6-11,16H,4-5,12-15,17-18H2,1-3H3,(H2,24,26,27);1H. The van der Waals surface area contributed by atoms with Crippen molar-refractivity contribution < 1.29 is 0 Å². The number of likely N-dealkylation sites (N-methyl/N-ethyl adjacent to an activating group) is 1. The predicted octanol–water partition coefficient (Wildman–Crippen LogP) is 3.41. The molecule has 1 aromatic heterocycles. The van der Waals surface area contributed by atoms with Crippen molar-refractivity contribution in [3.8, 4) is 0 Å². The monoisotopic (exact) mass is 522 g/mol. The van der Waals surface area contributed by atoms with Crippen LogP contribution in [0.15, 0.2) is 47.6 Å². The number of aliphatic imine (C=N–C) groups is 1. The molecule has 6 nitrogen and oxygen atoms in total. The molecule has 2 aromatic rings. The second-order valence-corrected chi connectivity index (χ2v) is 7.42. The largest absolute Gasteiger partial charge is 0.357 e. The van der Waals surface area contributed by atoms with E-state index in [9.17, 15) is 0 Å². The molecule has 1 aliphatic heterocycles. The molecule has 164 valence electrons. The number of rotatable bonds is 7. The van der Waals surface area contributed by atoms with Crippen LogP contribution in [0.3, 0.4) is 0 Å². The van der Waals surface area contributed by atoms with Crippen molar-refractivity contribution in [2.75, 3.05) is 44.2 Å². The van der Waals surface area contributed by atoms with Crippen LogP contribution in [0.2, 0.25) is 0 Å². The first-order chi connectivity index (χ1) is 14.2. The van der Waals surface area contributed by atoms with Gasteiger partial charge in [0.2, 0.25) is 0 Å². The Balaban J connectivity index is 0.00000320. The lowest BCUT2D eigenvalue weighted by Crippen LogP contribution is -2.46. The molecular formula is C23H35IN6. The van der Waals surface area contributed by atoms with E-state index < -0.39 is 0 Å². The summed E-state index contributed by atoms with van der Waals surface area (Å²) in [7, 11) is 0. The van der Waals surface area contributed by atoms with Crippen LogP contribution in [0.1, 0.15) is 30.5 Å². The van der Waals surface area contributed by atoms with Crippen molar-refractivity contribution >= 4 is 35.8 Å². The summed E-state index contributed by atoms with van der Waals surface area (Å²) in [6.07, 6.45) is 1.95. The molecule has 0 amide bonds. The van der Waals surface area contributed by atoms with Gasteiger partial charge in [-0.2, -0.15) is 0 Å². The minimum Gasteiger partial charge on any atom is -0.357 e. The lowest BCUT2D eigenvalue weighted by molar-refractivity contribution is 0.270. The van der Waals surface area contributed by atoms with E-state index in [1.165, 1.54) is 11.1 Å². The van der Waals surface area contributed by atoms with E-state index in [-0.39, 0.29) is 24.0 Å². The van der Waals surface area contributed by atoms with Gasteiger partial charge in [-0.25, -0.2) is 9.98 Å². The number of nitrogens with one attached hydrogen (secondary N) is 2. The van der Waals surface area contributed by atoms with Crippen LogP contribution in [0.25, 0.3) is 0 Å². The van der Waals surface area contributed by atoms with Gasteiger partial charge in [0.1, 0.15) is 5.82 Å². The third-order valence-electron chi connectivity index (χ3n) is 5.42. The van der Waals surface area contributed by atoms with E-state index in [0.29, 0.717) is 6.54 Å². The number of pyridine rings is 1. The fraction of sp³-hybridized carbons (Fsp3) is 0.478. The topological polar surface area (TPSA) is 55.8 Å². The van der Waals surface area contributed by atoms with Crippen molar-refractivity contribution in [3.05, 3.63) is 59.3 Å². The van der Waals surface area contributed by atoms with E-state index >= 15 is 0 Å². The molecule has 1 aromatic carbocycles. The molecule has 0 unspecified atom stereocenters. The number of aryl methyl sites for hydroxylation is 1. The Morgan fingerprint density at radius 3 is 2.43 bits per heavy atom. The minimum absolute atomic E-state index is 0. The Morgan fingerprint density at radius 2 is 1.80 bits per heavy atom. The molecule has 1 aliphatic rings. The Labute approximate surface area is 198 Å². The maximum atomic E-state index is 4.73. The van der Waals surface area contributed by atoms with E-state index in [0.717, 1.165) is 63.2 Å². The molecule has 30 heavy (non-hydrogen) atoms. The van der Waals surface area contributed by atoms with Crippen molar-refractivity contribution in [1.82, 2.24) is 20.5 Å². The molecule has 0 bridgehead atoms. The van der Waals surface area contributed by atoms with Crippen molar-refractivity contribution in [2.45, 2.75) is 33.9 Å². The fourth-order valence-corrected chi connectivity index (χ4v) is 3.49. The summed E-state index contributed by atoms with van der Waals surface area (Å²) < 4.78 is 0. The molecule has 0 aliphatic carbocycles. The number of nitrogens with zero attached hydrogens (tertiary/aromatic N) is 4. The Morgan fingerprint density at radius 1 is 1.03 bits per heavy atom. The fourth-order valence-electron chi connectivity index (χ4n) is 3.49. The summed E-state index contributed by atoms with van der Waals surface area (Å²) in [5.41, 5.74) is 3.69. The zero-order valence-electron chi connectivity index (χ0n) is 18.4. The van der Waals surface area contributed by atoms with Gasteiger partial charge in [-0.05, 0) is 43.1 Å². The third-order valence-corrected chi connectivity index (χ3v) is 5.42. The highest BCUT2D eigenvalue weighted by Gasteiger charge is 2.16. The van der Waals surface area contributed by atoms with Gasteiger partial charge in [-0.3, -0.25) is 0 Å². The Kier molecular flexibility index (Phi) is 10.4. The second-order valence-electron chi connectivity index (χ2n) is 7.42. The van der Waals surface area contributed by atoms with Gasteiger partial charge in [0, 0.05) is 45.5 Å². The Bertz CT molecular complexity index is 785. The van der Waals surface area contributed by atoms with Crippen molar-refractivity contribution in [2.24, 2.45) is 4.99 Å². The highest BCUT2D eigenvalue weighted by atomic mass is 127. The first-order valence-electron chi connectivity index (χ1n) is 10.7. The number of anilines is 1. The van der Waals surface area contributed by atoms with Crippen LogP contribution in [0, 0.1) is 6.92 Å². The average molecular weight is 522 g/mol. The van der Waals surface area contributed by atoms with Crippen LogP contribution >= 0.6 is 24.0 Å². The van der Waals surface area contributed by atoms with Crippen molar-refractivity contribution in [1.29, 1.82) is 0 Å². The molecule has 0 saturated carbocycles. The van der Waals surface area contributed by atoms with Gasteiger partial charge in [0.25, 0.3) is 0 Å². The first kappa shape index (κ1) is 24.4. The summed E-state index contributed by atoms with van der Waals surface area (Å²) >= 11 is 0. The van der Waals surface area contributed by atoms with E-state index in [1.807, 2.05) is 6.20 Å². The van der Waals surface area contributed by atoms with Crippen LogP contribution in [-0.2, 0) is 13.1 Å². The molecule has 0 radical (unpaired) electrons. The summed E-state index contributed by atoms with van der Waals surface area (Å²) in [6, 6.07) is 12.7. The van der Waals surface area contributed by atoms with E-state index in [1.54, 1.807) is 0 Å². The van der Waals surface area contributed by atoms with Crippen LogP contribution < -0.4 is 15.5 Å². The lowest BCUT2D eigenvalue weighted by Gasteiger charge is -2.34. The van der Waals surface area contributed by atoms with Crippen molar-refractivity contribution in [3.63, 3.8) is 0 Å². The number of guanidine groups is 1. The van der Waals surface area contributed by atoms with Gasteiger partial charge in [0.05, 0.1) is 6.54 Å². The molecule has 7 heteroatoms. The van der Waals surface area contributed by atoms with Gasteiger partial charge >= 0.3 is 0 Å². The summed E-state index contributed by atoms with van der Waals surface area (Å²) in [6.45, 7) is 14.1. The number of aromatic nitrogens is 1. The summed E-state index contributed by atoms with van der Waals surface area (Å²) in [4.78, 5) is 14.3. The van der Waals surface area contributed by atoms with E-state index in [2.05, 4.69) is 82.6 Å². The van der Waals surface area contributed by atoms with E-state index in [4.69, 9.17) is 4.99 Å². The van der Waals surface area contributed by atoms with Gasteiger partial charge < -0.3 is 20.4 Å². The smallest absolute Gasteiger partial charge is 0.191 e. The molecule has 2 heterocycles. The maximum Gasteiger partial charge on any atom is 0.191 e. The van der Waals surface area contributed by atoms with Crippen LogP contribution in [0.5, 0.6) is 0 Å². The quantitative estimate of drug-likeness (QED) is 0.332. The molecule has 3 rings (SSSR count). The Hall–Kier alpha value is -1.87. The second kappa shape index (κ2) is 12.7. The SMILES string of the molecule is CCNC(=NCc1ccc(N2CCN(CC)CC2)nc1)NCc1ccccc1C.I. The minimum atomic E-state index is 0. The highest BCUT2D eigenvalue weighted by molar-refractivity contribution is 14.0. The van der Waals surface area contributed by atoms with Gasteiger partial charge in [0.15, 0.2) is 5.96 Å². The van der Waals surface area contributed by atoms with Crippen LogP contribution in [-0.4, -0.2) is 55.1 Å². The summed E-state index contributed by atoms with van der Waals surface area (Å²) in [5, 5.41) is 6.75. The maximum absolute atomic E-state index is 4.73. The van der Waals surface area contributed by atoms with Crippen LogP contribution in [0.4, 0.5) is 5.82 Å². The highest BCUT2D eigenvalue weighted by Crippen LogP contribution is 2.14. The lowest BCUT2D eigenvalue weighted by atomic mass is 10.1. The number of hydrogen-bond acceptors (Lipinski definition) is 4. The zero-order valence-corrected chi connectivity index (χ0v) is 20.7. The zero-order chi connectivity index (χ0) is 20.5. The van der Waals surface area contributed by atoms with Gasteiger partial charge in [-0.1, -0.05) is 37.3 Å². The van der Waals surface area contributed by atoms with Gasteiger partial charge in [-0.15, -0.1) is 24.0 Å². The molecule has 1 fully saturated rings. The normalized spacial score (nSPS) is 14.9. The number of hydrogen-bond donors (Lipinski definition) is 2. The first-order valence-corrected chi connectivity index (χ1v) is 10.7. The predicted molar refractivity (Wildman–Crippen MR) is 137 cm³/mol. The number of piperazine rings is 1. The summed E-state index contributed by atoms with van der Waals surface area (Å²) in [5.74, 6) is 1.90. The molecule has 2 N–H and O–H groups in total. The number of benzene rings is 1. The average Bonchev–Trinajstić information content (AvgIpc) is 2.77. The molecule has 1 saturated heterocycles. The molecule has 0 spiro atoms. The third kappa shape index (κ3) is 7.12. The molecular weight excluding hydrogens is 487 g/mol.